The second kappa shape index (κ2) is 3.11. The second-order valence-corrected chi connectivity index (χ2v) is 4.13. The van der Waals surface area contributed by atoms with Crippen molar-refractivity contribution < 1.29 is 0 Å². The minimum absolute atomic E-state index is 0.984. The maximum Gasteiger partial charge on any atom is 0.00604 e. The minimum Gasteiger partial charge on any atom is -0.162 e. The Balaban J connectivity index is 2.03. The van der Waals surface area contributed by atoms with Crippen LogP contribution in [0.5, 0.6) is 0 Å². The van der Waals surface area contributed by atoms with Crippen molar-refractivity contribution in [3.8, 4) is 0 Å². The van der Waals surface area contributed by atoms with Crippen molar-refractivity contribution in [1.82, 2.24) is 0 Å². The van der Waals surface area contributed by atoms with Gasteiger partial charge in [0.05, 0.1) is 0 Å². The summed E-state index contributed by atoms with van der Waals surface area (Å²) in [5, 5.41) is 2.20. The van der Waals surface area contributed by atoms with E-state index in [1.54, 1.807) is 0 Å². The van der Waals surface area contributed by atoms with Crippen molar-refractivity contribution in [1.29, 1.82) is 0 Å². The molecule has 0 atom stereocenters. The molecule has 0 aliphatic heterocycles. The Kier molecular flexibility index (Phi) is 2.70. The Morgan fingerprint density at radius 2 is 2.25 bits per heavy atom. The Morgan fingerprint density at radius 1 is 1.62 bits per heavy atom. The topological polar surface area (TPSA) is 0 Å². The average molecular weight is 195 g/mol. The van der Waals surface area contributed by atoms with Gasteiger partial charge >= 0.3 is 0 Å². The first kappa shape index (κ1) is 6.94. The molecule has 0 amide bonds. The monoisotopic (exact) mass is 194 g/mol. The molecule has 0 aromatic rings. The van der Waals surface area contributed by atoms with Gasteiger partial charge in [-0.15, -0.1) is 0 Å². The maximum absolute atomic E-state index is 3.47. The molecule has 0 aromatic heterocycles. The third kappa shape index (κ3) is 1.41. The van der Waals surface area contributed by atoms with E-state index >= 15 is 0 Å². The van der Waals surface area contributed by atoms with Crippen LogP contribution in [0.3, 0.4) is 0 Å². The summed E-state index contributed by atoms with van der Waals surface area (Å²) in [6.07, 6.45) is 5.08. The number of halogens is 1. The van der Waals surface area contributed by atoms with E-state index in [1.807, 2.05) is 11.8 Å². The summed E-state index contributed by atoms with van der Waals surface area (Å²) in [6, 6.07) is 0. The Morgan fingerprint density at radius 3 is 2.62 bits per heavy atom. The quantitative estimate of drug-likeness (QED) is 0.610. The molecule has 1 aliphatic rings. The molecule has 1 rings (SSSR count). The van der Waals surface area contributed by atoms with Crippen LogP contribution >= 0.6 is 27.7 Å². The first-order chi connectivity index (χ1) is 3.86. The van der Waals surface area contributed by atoms with Gasteiger partial charge in [0.25, 0.3) is 0 Å². The molecule has 0 nitrogen and oxygen atoms in total. The standard InChI is InChI=1S/C6H11BrS/c1-8-6-2-5(3-6)4-7/h5-6H,2-4H2,1H3. The van der Waals surface area contributed by atoms with E-state index in [-0.39, 0.29) is 0 Å². The van der Waals surface area contributed by atoms with Crippen LogP contribution < -0.4 is 0 Å². The van der Waals surface area contributed by atoms with Crippen LogP contribution in [-0.4, -0.2) is 16.8 Å². The third-order valence-electron chi connectivity index (χ3n) is 1.74. The molecule has 0 aromatic carbocycles. The van der Waals surface area contributed by atoms with E-state index in [0.29, 0.717) is 0 Å². The minimum atomic E-state index is 0.984. The third-order valence-corrected chi connectivity index (χ3v) is 3.71. The van der Waals surface area contributed by atoms with Gasteiger partial charge in [-0.25, -0.2) is 0 Å². The van der Waals surface area contributed by atoms with Crippen LogP contribution in [0.15, 0.2) is 0 Å². The first-order valence-electron chi connectivity index (χ1n) is 2.95. The lowest BCUT2D eigenvalue weighted by atomic mass is 9.87. The molecule has 0 unspecified atom stereocenters. The molecule has 1 saturated carbocycles. The van der Waals surface area contributed by atoms with Crippen LogP contribution in [0.4, 0.5) is 0 Å². The predicted molar refractivity (Wildman–Crippen MR) is 43.8 cm³/mol. The smallest absolute Gasteiger partial charge is 0.00604 e. The fourth-order valence-corrected chi connectivity index (χ4v) is 2.45. The molecule has 0 radical (unpaired) electrons. The van der Waals surface area contributed by atoms with Crippen molar-refractivity contribution in [2.75, 3.05) is 11.6 Å². The predicted octanol–water partition coefficient (Wildman–Crippen LogP) is 2.52. The van der Waals surface area contributed by atoms with Gasteiger partial charge in [-0.05, 0) is 25.0 Å². The molecule has 2 heteroatoms. The van der Waals surface area contributed by atoms with Gasteiger partial charge in [0, 0.05) is 10.6 Å². The molecular formula is C6H11BrS. The average Bonchev–Trinajstić information content (AvgIpc) is 1.65. The number of hydrogen-bond acceptors (Lipinski definition) is 1. The van der Waals surface area contributed by atoms with Crippen LogP contribution in [0.1, 0.15) is 12.8 Å². The molecule has 8 heavy (non-hydrogen) atoms. The summed E-state index contributed by atoms with van der Waals surface area (Å²) >= 11 is 5.48. The summed E-state index contributed by atoms with van der Waals surface area (Å²) < 4.78 is 0. The van der Waals surface area contributed by atoms with Crippen molar-refractivity contribution in [3.63, 3.8) is 0 Å². The highest BCUT2D eigenvalue weighted by atomic mass is 79.9. The lowest BCUT2D eigenvalue weighted by Crippen LogP contribution is -2.26. The molecule has 1 fully saturated rings. The molecule has 48 valence electrons. The zero-order valence-corrected chi connectivity index (χ0v) is 7.46. The fourth-order valence-electron chi connectivity index (χ4n) is 0.993. The van der Waals surface area contributed by atoms with E-state index in [2.05, 4.69) is 22.2 Å². The van der Waals surface area contributed by atoms with E-state index in [0.717, 1.165) is 11.2 Å². The normalized spacial score (nSPS) is 36.8. The summed E-state index contributed by atoms with van der Waals surface area (Å²) in [5.41, 5.74) is 0. The highest BCUT2D eigenvalue weighted by Gasteiger charge is 2.26. The summed E-state index contributed by atoms with van der Waals surface area (Å²) in [7, 11) is 0. The van der Waals surface area contributed by atoms with Gasteiger partial charge in [-0.2, -0.15) is 11.8 Å². The number of rotatable bonds is 2. The molecule has 0 saturated heterocycles. The Labute approximate surface area is 63.5 Å². The summed E-state index contributed by atoms with van der Waals surface area (Å²) in [6.45, 7) is 0. The fraction of sp³-hybridized carbons (Fsp3) is 1.00. The van der Waals surface area contributed by atoms with E-state index in [4.69, 9.17) is 0 Å². The SMILES string of the molecule is CSC1CC(CBr)C1. The summed E-state index contributed by atoms with van der Waals surface area (Å²) in [5.74, 6) is 0.993. The zero-order chi connectivity index (χ0) is 5.98. The Bertz CT molecular complexity index is 60.9. The molecule has 1 aliphatic carbocycles. The van der Waals surface area contributed by atoms with Gasteiger partial charge in [0.1, 0.15) is 0 Å². The van der Waals surface area contributed by atoms with Crippen LogP contribution in [0, 0.1) is 5.92 Å². The van der Waals surface area contributed by atoms with Gasteiger partial charge < -0.3 is 0 Å². The molecule has 0 heterocycles. The number of alkyl halides is 1. The van der Waals surface area contributed by atoms with Gasteiger partial charge in [0.2, 0.25) is 0 Å². The van der Waals surface area contributed by atoms with Crippen LogP contribution in [0.2, 0.25) is 0 Å². The highest BCUT2D eigenvalue weighted by molar-refractivity contribution is 9.09. The van der Waals surface area contributed by atoms with E-state index < -0.39 is 0 Å². The van der Waals surface area contributed by atoms with Crippen molar-refractivity contribution in [2.45, 2.75) is 18.1 Å². The molecular weight excluding hydrogens is 184 g/mol. The van der Waals surface area contributed by atoms with Gasteiger partial charge in [-0.1, -0.05) is 15.9 Å². The highest BCUT2D eigenvalue weighted by Crippen LogP contribution is 2.36. The lowest BCUT2D eigenvalue weighted by Gasteiger charge is -2.32. The van der Waals surface area contributed by atoms with Crippen molar-refractivity contribution >= 4 is 27.7 Å². The van der Waals surface area contributed by atoms with Crippen molar-refractivity contribution in [3.05, 3.63) is 0 Å². The first-order valence-corrected chi connectivity index (χ1v) is 5.36. The molecule has 0 N–H and O–H groups in total. The summed E-state index contributed by atoms with van der Waals surface area (Å²) in [4.78, 5) is 0. The molecule has 0 bridgehead atoms. The lowest BCUT2D eigenvalue weighted by molar-refractivity contribution is 0.370. The van der Waals surface area contributed by atoms with E-state index in [9.17, 15) is 0 Å². The zero-order valence-electron chi connectivity index (χ0n) is 5.06. The van der Waals surface area contributed by atoms with Crippen LogP contribution in [-0.2, 0) is 0 Å². The van der Waals surface area contributed by atoms with Crippen LogP contribution in [0.25, 0.3) is 0 Å². The van der Waals surface area contributed by atoms with Gasteiger partial charge in [-0.3, -0.25) is 0 Å². The molecule has 0 spiro atoms. The number of hydrogen-bond donors (Lipinski definition) is 0. The second-order valence-electron chi connectivity index (χ2n) is 2.35. The van der Waals surface area contributed by atoms with Crippen molar-refractivity contribution in [2.24, 2.45) is 5.92 Å². The Hall–Kier alpha value is 0.830. The maximum atomic E-state index is 3.47. The number of thioether (sulfide) groups is 1. The van der Waals surface area contributed by atoms with E-state index in [1.165, 1.54) is 18.2 Å². The largest absolute Gasteiger partial charge is 0.162 e. The van der Waals surface area contributed by atoms with Gasteiger partial charge in [0.15, 0.2) is 0 Å².